The highest BCUT2D eigenvalue weighted by Crippen LogP contribution is 2.27. The minimum absolute atomic E-state index is 0.0447. The lowest BCUT2D eigenvalue weighted by molar-refractivity contribution is 0.00941. The summed E-state index contributed by atoms with van der Waals surface area (Å²) in [5.74, 6) is -0.0447. The first-order valence-electron chi connectivity index (χ1n) is 6.25. The van der Waals surface area contributed by atoms with Crippen LogP contribution in [0.25, 0.3) is 0 Å². The first-order valence-corrected chi connectivity index (χ1v) is 7.90. The minimum atomic E-state index is -3.33. The zero-order valence-corrected chi connectivity index (χ0v) is 11.3. The van der Waals surface area contributed by atoms with Crippen molar-refractivity contribution in [1.29, 1.82) is 0 Å². The molecule has 0 bridgehead atoms. The van der Waals surface area contributed by atoms with Gasteiger partial charge in [-0.25, -0.2) is 13.1 Å². The molecule has 0 saturated heterocycles. The van der Waals surface area contributed by atoms with Gasteiger partial charge in [0.1, 0.15) is 0 Å². The van der Waals surface area contributed by atoms with E-state index in [2.05, 4.69) is 4.72 Å². The molecule has 2 N–H and O–H groups in total. The summed E-state index contributed by atoms with van der Waals surface area (Å²) in [6, 6.07) is 0. The Morgan fingerprint density at radius 3 is 2.53 bits per heavy atom. The topological polar surface area (TPSA) is 75.6 Å². The van der Waals surface area contributed by atoms with E-state index in [1.54, 1.807) is 0 Å². The van der Waals surface area contributed by atoms with Gasteiger partial charge in [-0.1, -0.05) is 19.3 Å². The summed E-state index contributed by atoms with van der Waals surface area (Å²) in [7, 11) is -3.33. The summed E-state index contributed by atoms with van der Waals surface area (Å²) in [5, 5.41) is 10.1. The number of ether oxygens (including phenoxy) is 1. The lowest BCUT2D eigenvalue weighted by atomic mass is 9.85. The fraction of sp³-hybridized carbons (Fsp3) is 1.00. The smallest absolute Gasteiger partial charge is 0.213 e. The third kappa shape index (κ3) is 5.81. The molecule has 0 radical (unpaired) electrons. The van der Waals surface area contributed by atoms with Crippen LogP contribution < -0.4 is 4.72 Å². The van der Waals surface area contributed by atoms with Crippen LogP contribution in [-0.4, -0.2) is 44.6 Å². The van der Waals surface area contributed by atoms with E-state index in [4.69, 9.17) is 4.74 Å². The first kappa shape index (κ1) is 14.9. The Morgan fingerprint density at radius 2 is 1.94 bits per heavy atom. The largest absolute Gasteiger partial charge is 0.389 e. The Morgan fingerprint density at radius 1 is 1.29 bits per heavy atom. The molecule has 17 heavy (non-hydrogen) atoms. The molecule has 0 aromatic carbocycles. The number of aliphatic hydroxyl groups is 1. The highest BCUT2D eigenvalue weighted by Gasteiger charge is 2.30. The summed E-state index contributed by atoms with van der Waals surface area (Å²) in [6.45, 7) is 2.66. The summed E-state index contributed by atoms with van der Waals surface area (Å²) >= 11 is 0. The van der Waals surface area contributed by atoms with Crippen LogP contribution in [0.5, 0.6) is 0 Å². The molecular weight excluding hydrogens is 242 g/mol. The molecule has 6 heteroatoms. The van der Waals surface area contributed by atoms with Gasteiger partial charge in [-0.2, -0.15) is 0 Å². The van der Waals surface area contributed by atoms with Crippen molar-refractivity contribution >= 4 is 10.0 Å². The molecule has 0 aliphatic heterocycles. The standard InChI is InChI=1S/C11H23NO4S/c1-2-16-8-9-17(14,15)12-10-11(13)6-4-3-5-7-11/h12-13H,2-10H2,1H3. The normalized spacial score (nSPS) is 20.4. The van der Waals surface area contributed by atoms with Gasteiger partial charge in [-0.05, 0) is 19.8 Å². The maximum atomic E-state index is 11.6. The van der Waals surface area contributed by atoms with Crippen LogP contribution in [0.15, 0.2) is 0 Å². The number of rotatable bonds is 7. The van der Waals surface area contributed by atoms with E-state index >= 15 is 0 Å². The van der Waals surface area contributed by atoms with E-state index in [1.165, 1.54) is 0 Å². The predicted octanol–water partition coefficient (Wildman–Crippen LogP) is 0.637. The van der Waals surface area contributed by atoms with E-state index in [1.807, 2.05) is 6.92 Å². The second kappa shape index (κ2) is 6.68. The van der Waals surface area contributed by atoms with Gasteiger partial charge in [-0.15, -0.1) is 0 Å². The van der Waals surface area contributed by atoms with Crippen molar-refractivity contribution in [3.63, 3.8) is 0 Å². The van der Waals surface area contributed by atoms with Gasteiger partial charge < -0.3 is 9.84 Å². The van der Waals surface area contributed by atoms with Gasteiger partial charge >= 0.3 is 0 Å². The molecule has 1 aliphatic rings. The molecule has 0 aromatic heterocycles. The third-order valence-electron chi connectivity index (χ3n) is 3.11. The van der Waals surface area contributed by atoms with E-state index in [9.17, 15) is 13.5 Å². The van der Waals surface area contributed by atoms with E-state index < -0.39 is 15.6 Å². The van der Waals surface area contributed by atoms with Gasteiger partial charge in [0, 0.05) is 13.2 Å². The predicted molar refractivity (Wildman–Crippen MR) is 66.3 cm³/mol. The molecule has 1 aliphatic carbocycles. The van der Waals surface area contributed by atoms with Gasteiger partial charge in [0.15, 0.2) is 0 Å². The Balaban J connectivity index is 2.32. The molecule has 0 spiro atoms. The highest BCUT2D eigenvalue weighted by atomic mass is 32.2. The monoisotopic (exact) mass is 265 g/mol. The quantitative estimate of drug-likeness (QED) is 0.662. The molecule has 1 rings (SSSR count). The fourth-order valence-electron chi connectivity index (χ4n) is 2.02. The number of nitrogens with one attached hydrogen (secondary N) is 1. The zero-order valence-electron chi connectivity index (χ0n) is 10.4. The van der Waals surface area contributed by atoms with Crippen molar-refractivity contribution in [2.45, 2.75) is 44.6 Å². The minimum Gasteiger partial charge on any atom is -0.389 e. The van der Waals surface area contributed by atoms with Gasteiger partial charge in [0.25, 0.3) is 0 Å². The Labute approximate surface area is 104 Å². The Hall–Kier alpha value is -0.170. The highest BCUT2D eigenvalue weighted by molar-refractivity contribution is 7.89. The second-order valence-corrected chi connectivity index (χ2v) is 6.55. The van der Waals surface area contributed by atoms with E-state index in [-0.39, 0.29) is 18.9 Å². The number of hydrogen-bond acceptors (Lipinski definition) is 4. The van der Waals surface area contributed by atoms with Gasteiger partial charge in [-0.3, -0.25) is 0 Å². The van der Waals surface area contributed by atoms with Crippen LogP contribution in [0, 0.1) is 0 Å². The van der Waals surface area contributed by atoms with Crippen LogP contribution in [0.1, 0.15) is 39.0 Å². The lowest BCUT2D eigenvalue weighted by Gasteiger charge is -2.32. The van der Waals surface area contributed by atoms with E-state index in [0.29, 0.717) is 19.4 Å². The molecule has 0 amide bonds. The van der Waals surface area contributed by atoms with Crippen LogP contribution in [-0.2, 0) is 14.8 Å². The van der Waals surface area contributed by atoms with Crippen molar-refractivity contribution < 1.29 is 18.3 Å². The summed E-state index contributed by atoms with van der Waals surface area (Å²) in [4.78, 5) is 0. The SMILES string of the molecule is CCOCCS(=O)(=O)NCC1(O)CCCCC1. The van der Waals surface area contributed by atoms with E-state index in [0.717, 1.165) is 19.3 Å². The van der Waals surface area contributed by atoms with Crippen molar-refractivity contribution in [2.75, 3.05) is 25.5 Å². The molecule has 0 heterocycles. The fourth-order valence-corrected chi connectivity index (χ4v) is 2.99. The first-order chi connectivity index (χ1) is 7.97. The van der Waals surface area contributed by atoms with Crippen LogP contribution in [0.4, 0.5) is 0 Å². The molecule has 1 saturated carbocycles. The molecule has 0 unspecified atom stereocenters. The van der Waals surface area contributed by atoms with Crippen LogP contribution >= 0.6 is 0 Å². The van der Waals surface area contributed by atoms with Crippen molar-refractivity contribution in [2.24, 2.45) is 0 Å². The molecule has 0 aromatic rings. The van der Waals surface area contributed by atoms with Crippen molar-refractivity contribution in [3.8, 4) is 0 Å². The molecular formula is C11H23NO4S. The third-order valence-corrected chi connectivity index (χ3v) is 4.39. The van der Waals surface area contributed by atoms with Crippen LogP contribution in [0.2, 0.25) is 0 Å². The van der Waals surface area contributed by atoms with Crippen LogP contribution in [0.3, 0.4) is 0 Å². The average Bonchev–Trinajstić information content (AvgIpc) is 2.28. The number of hydrogen-bond donors (Lipinski definition) is 2. The summed E-state index contributed by atoms with van der Waals surface area (Å²) in [6.07, 6.45) is 4.43. The molecule has 5 nitrogen and oxygen atoms in total. The van der Waals surface area contributed by atoms with Crippen molar-refractivity contribution in [3.05, 3.63) is 0 Å². The lowest BCUT2D eigenvalue weighted by Crippen LogP contribution is -2.45. The maximum absolute atomic E-state index is 11.6. The maximum Gasteiger partial charge on any atom is 0.213 e. The average molecular weight is 265 g/mol. The second-order valence-electron chi connectivity index (χ2n) is 4.62. The molecule has 0 atom stereocenters. The Bertz CT molecular complexity index is 309. The number of sulfonamides is 1. The Kier molecular flexibility index (Phi) is 5.85. The zero-order chi connectivity index (χ0) is 12.8. The molecule has 1 fully saturated rings. The molecule has 102 valence electrons. The van der Waals surface area contributed by atoms with Crippen molar-refractivity contribution in [1.82, 2.24) is 4.72 Å². The van der Waals surface area contributed by atoms with Gasteiger partial charge in [0.05, 0.1) is 18.0 Å². The van der Waals surface area contributed by atoms with Gasteiger partial charge in [0.2, 0.25) is 10.0 Å². The summed E-state index contributed by atoms with van der Waals surface area (Å²) in [5.41, 5.74) is -0.850. The summed E-state index contributed by atoms with van der Waals surface area (Å²) < 4.78 is 30.7.